The van der Waals surface area contributed by atoms with Crippen LogP contribution in [0.25, 0.3) is 0 Å². The number of rotatable bonds is 7. The van der Waals surface area contributed by atoms with Gasteiger partial charge in [0.1, 0.15) is 5.54 Å². The molecule has 2 atom stereocenters. The highest BCUT2D eigenvalue weighted by molar-refractivity contribution is 5.80. The van der Waals surface area contributed by atoms with Crippen LogP contribution in [-0.2, 0) is 14.3 Å². The molecule has 0 bridgehead atoms. The number of ether oxygens (including phenoxy) is 2. The number of methoxy groups -OCH3 is 2. The molecule has 5 heteroatoms. The Morgan fingerprint density at radius 1 is 1.50 bits per heavy atom. The molecule has 0 saturated heterocycles. The Morgan fingerprint density at radius 3 is 2.44 bits per heavy atom. The lowest BCUT2D eigenvalue weighted by Gasteiger charge is -2.33. The summed E-state index contributed by atoms with van der Waals surface area (Å²) < 4.78 is 9.87. The highest BCUT2D eigenvalue weighted by atomic mass is 16.5. The van der Waals surface area contributed by atoms with Crippen LogP contribution < -0.4 is 5.32 Å². The SMILES string of the molecule is CNC(C)(CN(C)C(C)COC)C(=O)OC. The van der Waals surface area contributed by atoms with Gasteiger partial charge in [0, 0.05) is 19.7 Å². The van der Waals surface area contributed by atoms with Crippen LogP contribution >= 0.6 is 0 Å². The van der Waals surface area contributed by atoms with Gasteiger partial charge >= 0.3 is 5.97 Å². The molecule has 0 aliphatic carbocycles. The topological polar surface area (TPSA) is 50.8 Å². The van der Waals surface area contributed by atoms with Gasteiger partial charge in [-0.25, -0.2) is 0 Å². The highest BCUT2D eigenvalue weighted by Gasteiger charge is 2.34. The third kappa shape index (κ3) is 4.08. The Labute approximate surface area is 98.1 Å². The Balaban J connectivity index is 4.47. The minimum absolute atomic E-state index is 0.252. The maximum absolute atomic E-state index is 11.6. The molecule has 0 amide bonds. The van der Waals surface area contributed by atoms with Crippen LogP contribution in [-0.4, -0.2) is 63.9 Å². The predicted octanol–water partition coefficient (Wildman–Crippen LogP) is 0.104. The average molecular weight is 232 g/mol. The molecule has 0 rings (SSSR count). The van der Waals surface area contributed by atoms with E-state index in [2.05, 4.69) is 17.1 Å². The number of hydrogen-bond donors (Lipinski definition) is 1. The van der Waals surface area contributed by atoms with Gasteiger partial charge in [-0.3, -0.25) is 9.69 Å². The van der Waals surface area contributed by atoms with Gasteiger partial charge in [-0.2, -0.15) is 0 Å². The van der Waals surface area contributed by atoms with Gasteiger partial charge in [0.25, 0.3) is 0 Å². The van der Waals surface area contributed by atoms with Gasteiger partial charge in [-0.15, -0.1) is 0 Å². The lowest BCUT2D eigenvalue weighted by Crippen LogP contribution is -2.57. The second-order valence-corrected chi connectivity index (χ2v) is 4.29. The van der Waals surface area contributed by atoms with Crippen molar-refractivity contribution in [3.63, 3.8) is 0 Å². The van der Waals surface area contributed by atoms with E-state index in [1.807, 2.05) is 14.0 Å². The van der Waals surface area contributed by atoms with Crippen LogP contribution in [0.1, 0.15) is 13.8 Å². The third-order valence-electron chi connectivity index (χ3n) is 2.91. The minimum atomic E-state index is -0.689. The molecular formula is C11H24N2O3. The number of esters is 1. The quantitative estimate of drug-likeness (QED) is 0.631. The second kappa shape index (κ2) is 6.83. The van der Waals surface area contributed by atoms with Gasteiger partial charge < -0.3 is 14.8 Å². The fourth-order valence-electron chi connectivity index (χ4n) is 1.49. The molecule has 2 unspecified atom stereocenters. The second-order valence-electron chi connectivity index (χ2n) is 4.29. The first-order valence-corrected chi connectivity index (χ1v) is 5.37. The monoisotopic (exact) mass is 232 g/mol. The molecule has 0 aromatic heterocycles. The maximum Gasteiger partial charge on any atom is 0.327 e. The molecule has 0 fully saturated rings. The van der Waals surface area contributed by atoms with E-state index in [1.54, 1.807) is 14.2 Å². The minimum Gasteiger partial charge on any atom is -0.468 e. The standard InChI is InChI=1S/C11H24N2O3/c1-9(7-15-5)13(4)8-11(2,12-3)10(14)16-6/h9,12H,7-8H2,1-6H3. The molecule has 1 N–H and O–H groups in total. The van der Waals surface area contributed by atoms with Crippen molar-refractivity contribution in [3.05, 3.63) is 0 Å². The van der Waals surface area contributed by atoms with Gasteiger partial charge in [0.2, 0.25) is 0 Å². The van der Waals surface area contributed by atoms with Crippen molar-refractivity contribution in [2.24, 2.45) is 0 Å². The number of hydrogen-bond acceptors (Lipinski definition) is 5. The third-order valence-corrected chi connectivity index (χ3v) is 2.91. The van der Waals surface area contributed by atoms with Gasteiger partial charge in [-0.05, 0) is 27.9 Å². The summed E-state index contributed by atoms with van der Waals surface area (Å²) in [6, 6.07) is 0.252. The van der Waals surface area contributed by atoms with Gasteiger partial charge in [0.05, 0.1) is 13.7 Å². The summed E-state index contributed by atoms with van der Waals surface area (Å²) in [6.45, 7) is 5.09. The van der Waals surface area contributed by atoms with Crippen LogP contribution in [0.15, 0.2) is 0 Å². The summed E-state index contributed by atoms with van der Waals surface area (Å²) in [6.07, 6.45) is 0. The van der Waals surface area contributed by atoms with Crippen molar-refractivity contribution < 1.29 is 14.3 Å². The summed E-state index contributed by atoms with van der Waals surface area (Å²) in [5.41, 5.74) is -0.689. The highest BCUT2D eigenvalue weighted by Crippen LogP contribution is 2.10. The van der Waals surface area contributed by atoms with E-state index in [9.17, 15) is 4.79 Å². The average Bonchev–Trinajstić information content (AvgIpc) is 2.27. The summed E-state index contributed by atoms with van der Waals surface area (Å²) in [5, 5.41) is 3.00. The summed E-state index contributed by atoms with van der Waals surface area (Å²) in [5.74, 6) is -0.258. The first-order valence-electron chi connectivity index (χ1n) is 5.37. The van der Waals surface area contributed by atoms with E-state index in [0.717, 1.165) is 0 Å². The van der Waals surface area contributed by atoms with E-state index >= 15 is 0 Å². The fraction of sp³-hybridized carbons (Fsp3) is 0.909. The first kappa shape index (κ1) is 15.3. The molecule has 5 nitrogen and oxygen atoms in total. The Morgan fingerprint density at radius 2 is 2.06 bits per heavy atom. The van der Waals surface area contributed by atoms with Crippen molar-refractivity contribution in [2.45, 2.75) is 25.4 Å². The van der Waals surface area contributed by atoms with E-state index < -0.39 is 5.54 Å². The smallest absolute Gasteiger partial charge is 0.327 e. The van der Waals surface area contributed by atoms with Crippen molar-refractivity contribution in [2.75, 3.05) is 41.5 Å². The van der Waals surface area contributed by atoms with E-state index in [4.69, 9.17) is 9.47 Å². The first-order chi connectivity index (χ1) is 7.41. The van der Waals surface area contributed by atoms with E-state index in [1.165, 1.54) is 7.11 Å². The van der Waals surface area contributed by atoms with E-state index in [0.29, 0.717) is 13.2 Å². The summed E-state index contributed by atoms with van der Waals surface area (Å²) >= 11 is 0. The molecule has 0 spiro atoms. The van der Waals surface area contributed by atoms with Crippen LogP contribution in [0.4, 0.5) is 0 Å². The molecule has 0 heterocycles. The van der Waals surface area contributed by atoms with Crippen LogP contribution in [0.5, 0.6) is 0 Å². The molecular weight excluding hydrogens is 208 g/mol. The van der Waals surface area contributed by atoms with Crippen molar-refractivity contribution in [3.8, 4) is 0 Å². The maximum atomic E-state index is 11.6. The predicted molar refractivity (Wildman–Crippen MR) is 63.4 cm³/mol. The van der Waals surface area contributed by atoms with Crippen LogP contribution in [0.2, 0.25) is 0 Å². The number of carbonyl (C=O) groups is 1. The van der Waals surface area contributed by atoms with Crippen LogP contribution in [0, 0.1) is 0 Å². The van der Waals surface area contributed by atoms with Gasteiger partial charge in [0.15, 0.2) is 0 Å². The zero-order chi connectivity index (χ0) is 12.8. The summed E-state index contributed by atoms with van der Waals surface area (Å²) in [4.78, 5) is 13.7. The number of carbonyl (C=O) groups excluding carboxylic acids is 1. The molecule has 96 valence electrons. The Hall–Kier alpha value is -0.650. The molecule has 0 saturated carbocycles. The lowest BCUT2D eigenvalue weighted by atomic mass is 10.0. The van der Waals surface area contributed by atoms with Crippen molar-refractivity contribution in [1.29, 1.82) is 0 Å². The normalized spacial score (nSPS) is 16.9. The number of likely N-dealkylation sites (N-methyl/N-ethyl adjacent to an activating group) is 2. The van der Waals surface area contributed by atoms with Crippen LogP contribution in [0.3, 0.4) is 0 Å². The zero-order valence-electron chi connectivity index (χ0n) is 11.2. The number of nitrogens with zero attached hydrogens (tertiary/aromatic N) is 1. The molecule has 0 radical (unpaired) electrons. The van der Waals surface area contributed by atoms with Gasteiger partial charge in [-0.1, -0.05) is 0 Å². The number of nitrogens with one attached hydrogen (secondary N) is 1. The largest absolute Gasteiger partial charge is 0.468 e. The zero-order valence-corrected chi connectivity index (χ0v) is 11.2. The molecule has 0 aliphatic rings. The van der Waals surface area contributed by atoms with Crippen molar-refractivity contribution >= 4 is 5.97 Å². The Bertz CT molecular complexity index is 223. The van der Waals surface area contributed by atoms with E-state index in [-0.39, 0.29) is 12.0 Å². The Kier molecular flexibility index (Phi) is 6.55. The molecule has 16 heavy (non-hydrogen) atoms. The van der Waals surface area contributed by atoms with Crippen molar-refractivity contribution in [1.82, 2.24) is 10.2 Å². The summed E-state index contributed by atoms with van der Waals surface area (Å²) in [7, 11) is 6.78. The molecule has 0 aromatic rings. The lowest BCUT2D eigenvalue weighted by molar-refractivity contribution is -0.148. The molecule has 0 aliphatic heterocycles. The molecule has 0 aromatic carbocycles. The fourth-order valence-corrected chi connectivity index (χ4v) is 1.49.